The van der Waals surface area contributed by atoms with E-state index in [0.29, 0.717) is 17.7 Å². The van der Waals surface area contributed by atoms with Gasteiger partial charge in [0.15, 0.2) is 6.61 Å². The van der Waals surface area contributed by atoms with Crippen LogP contribution >= 0.6 is 0 Å². The number of amides is 2. The van der Waals surface area contributed by atoms with Crippen LogP contribution in [-0.2, 0) is 20.9 Å². The van der Waals surface area contributed by atoms with Crippen molar-refractivity contribution in [3.05, 3.63) is 71.0 Å². The zero-order valence-electron chi connectivity index (χ0n) is 18.4. The summed E-state index contributed by atoms with van der Waals surface area (Å²) in [5.41, 5.74) is 1.92. The van der Waals surface area contributed by atoms with E-state index in [4.69, 9.17) is 4.74 Å². The molecule has 0 fully saturated rings. The number of nitrogens with zero attached hydrogens (tertiary/aromatic N) is 1. The minimum atomic E-state index is -0.891. The van der Waals surface area contributed by atoms with E-state index in [2.05, 4.69) is 5.32 Å². The molecule has 0 aliphatic rings. The van der Waals surface area contributed by atoms with Gasteiger partial charge in [-0.05, 0) is 49.1 Å². The number of carbonyl (C=O) groups is 3. The van der Waals surface area contributed by atoms with Gasteiger partial charge in [0.05, 0.1) is 0 Å². The molecule has 7 heteroatoms. The summed E-state index contributed by atoms with van der Waals surface area (Å²) in [5, 5.41) is 2.71. The summed E-state index contributed by atoms with van der Waals surface area (Å²) in [6.45, 7) is 7.31. The first-order valence-corrected chi connectivity index (χ1v) is 10.3. The van der Waals surface area contributed by atoms with E-state index in [9.17, 15) is 18.8 Å². The first-order valence-electron chi connectivity index (χ1n) is 10.3. The molecule has 0 spiro atoms. The van der Waals surface area contributed by atoms with Crippen LogP contribution in [0.1, 0.15) is 42.3 Å². The number of aryl methyl sites for hydroxylation is 1. The summed E-state index contributed by atoms with van der Waals surface area (Å²) < 4.78 is 18.6. The van der Waals surface area contributed by atoms with E-state index in [1.807, 2.05) is 19.1 Å². The molecule has 1 atom stereocenters. The fourth-order valence-electron chi connectivity index (χ4n) is 3.09. The summed E-state index contributed by atoms with van der Waals surface area (Å²) in [5.74, 6) is -2.05. The largest absolute Gasteiger partial charge is 0.454 e. The van der Waals surface area contributed by atoms with Crippen molar-refractivity contribution in [1.82, 2.24) is 10.2 Å². The van der Waals surface area contributed by atoms with E-state index in [-0.39, 0.29) is 24.2 Å². The summed E-state index contributed by atoms with van der Waals surface area (Å²) >= 11 is 0. The van der Waals surface area contributed by atoms with Gasteiger partial charge in [-0.1, -0.05) is 44.2 Å². The number of likely N-dealkylation sites (N-methyl/N-ethyl adjacent to an activating group) is 1. The molecule has 2 aromatic rings. The molecule has 166 valence electrons. The fraction of sp³-hybridized carbons (Fsp3) is 0.375. The van der Waals surface area contributed by atoms with Crippen LogP contribution in [0.3, 0.4) is 0 Å². The highest BCUT2D eigenvalue weighted by Crippen LogP contribution is 2.11. The molecule has 1 N–H and O–H groups in total. The molecule has 0 aliphatic heterocycles. The lowest BCUT2D eigenvalue weighted by molar-refractivity contribution is -0.154. The van der Waals surface area contributed by atoms with E-state index < -0.39 is 24.5 Å². The normalized spacial score (nSPS) is 11.7. The maximum absolute atomic E-state index is 13.4. The number of nitrogens with one attached hydrogen (secondary N) is 1. The number of esters is 1. The van der Waals surface area contributed by atoms with Gasteiger partial charge in [-0.15, -0.1) is 0 Å². The average molecular weight is 429 g/mol. The van der Waals surface area contributed by atoms with Crippen LogP contribution in [0.25, 0.3) is 0 Å². The zero-order chi connectivity index (χ0) is 23.0. The molecular formula is C24H29FN2O4. The maximum Gasteiger partial charge on any atom is 0.329 e. The molecule has 0 unspecified atom stereocenters. The van der Waals surface area contributed by atoms with Gasteiger partial charge in [0.25, 0.3) is 11.8 Å². The van der Waals surface area contributed by atoms with Gasteiger partial charge in [-0.2, -0.15) is 0 Å². The van der Waals surface area contributed by atoms with Gasteiger partial charge in [0.1, 0.15) is 11.9 Å². The topological polar surface area (TPSA) is 75.7 Å². The lowest BCUT2D eigenvalue weighted by Gasteiger charge is -2.23. The average Bonchev–Trinajstić information content (AvgIpc) is 2.73. The molecule has 2 rings (SSSR count). The summed E-state index contributed by atoms with van der Waals surface area (Å²) in [6, 6.07) is 12.2. The highest BCUT2D eigenvalue weighted by Gasteiger charge is 2.27. The second-order valence-corrected chi connectivity index (χ2v) is 7.66. The molecule has 0 aliphatic carbocycles. The van der Waals surface area contributed by atoms with Gasteiger partial charge in [-0.25, -0.2) is 9.18 Å². The highest BCUT2D eigenvalue weighted by molar-refractivity contribution is 5.98. The van der Waals surface area contributed by atoms with Gasteiger partial charge < -0.3 is 15.0 Å². The Morgan fingerprint density at radius 1 is 1.10 bits per heavy atom. The van der Waals surface area contributed by atoms with Crippen molar-refractivity contribution in [2.24, 2.45) is 5.92 Å². The molecule has 0 bridgehead atoms. The number of hydrogen-bond acceptors (Lipinski definition) is 4. The Labute approximate surface area is 182 Å². The molecule has 2 amide bonds. The van der Waals surface area contributed by atoms with Crippen molar-refractivity contribution in [2.75, 3.05) is 13.2 Å². The minimum absolute atomic E-state index is 0.211. The predicted molar refractivity (Wildman–Crippen MR) is 116 cm³/mol. The molecule has 2 aromatic carbocycles. The SMILES string of the molecule is CCN(Cc1cccc(F)c1)C(=O)COC(=O)[C@@H](NC(=O)c1ccccc1C)C(C)C. The van der Waals surface area contributed by atoms with Crippen LogP contribution in [0.15, 0.2) is 48.5 Å². The molecule has 0 radical (unpaired) electrons. The van der Waals surface area contributed by atoms with Crippen LogP contribution in [0.5, 0.6) is 0 Å². The van der Waals surface area contributed by atoms with Gasteiger partial charge >= 0.3 is 5.97 Å². The van der Waals surface area contributed by atoms with Crippen molar-refractivity contribution in [1.29, 1.82) is 0 Å². The standard InChI is InChI=1S/C24H29FN2O4/c1-5-27(14-18-10-8-11-19(25)13-18)21(28)15-31-24(30)22(16(2)3)26-23(29)20-12-7-6-9-17(20)4/h6-13,16,22H,5,14-15H2,1-4H3,(H,26,29)/t22-/m0/s1. The maximum atomic E-state index is 13.4. The Bertz CT molecular complexity index is 929. The van der Waals surface area contributed by atoms with E-state index in [0.717, 1.165) is 5.56 Å². The number of ether oxygens (including phenoxy) is 1. The Kier molecular flexibility index (Phi) is 8.73. The third kappa shape index (κ3) is 6.91. The lowest BCUT2D eigenvalue weighted by Crippen LogP contribution is -2.46. The van der Waals surface area contributed by atoms with Gasteiger partial charge in [-0.3, -0.25) is 9.59 Å². The van der Waals surface area contributed by atoms with Crippen LogP contribution < -0.4 is 5.32 Å². The van der Waals surface area contributed by atoms with Crippen molar-refractivity contribution in [3.63, 3.8) is 0 Å². The first kappa shape index (κ1) is 24.1. The highest BCUT2D eigenvalue weighted by atomic mass is 19.1. The Morgan fingerprint density at radius 2 is 1.81 bits per heavy atom. The molecular weight excluding hydrogens is 399 g/mol. The smallest absolute Gasteiger partial charge is 0.329 e. The molecule has 0 heterocycles. The van der Waals surface area contributed by atoms with Crippen LogP contribution in [0.4, 0.5) is 4.39 Å². The monoisotopic (exact) mass is 428 g/mol. The molecule has 6 nitrogen and oxygen atoms in total. The number of halogens is 1. The summed E-state index contributed by atoms with van der Waals surface area (Å²) in [7, 11) is 0. The third-order valence-electron chi connectivity index (χ3n) is 4.93. The van der Waals surface area contributed by atoms with E-state index in [1.165, 1.54) is 17.0 Å². The van der Waals surface area contributed by atoms with E-state index in [1.54, 1.807) is 45.0 Å². The first-order chi connectivity index (χ1) is 14.7. The number of benzene rings is 2. The summed E-state index contributed by atoms with van der Waals surface area (Å²) in [6.07, 6.45) is 0. The van der Waals surface area contributed by atoms with Crippen molar-refractivity contribution >= 4 is 17.8 Å². The third-order valence-corrected chi connectivity index (χ3v) is 4.93. The van der Waals surface area contributed by atoms with Gasteiger partial charge in [0.2, 0.25) is 0 Å². The predicted octanol–water partition coefficient (Wildman–Crippen LogP) is 3.48. The molecule has 0 saturated carbocycles. The fourth-order valence-corrected chi connectivity index (χ4v) is 3.09. The summed E-state index contributed by atoms with van der Waals surface area (Å²) in [4.78, 5) is 39.2. The van der Waals surface area contributed by atoms with Crippen LogP contribution in [0, 0.1) is 18.7 Å². The Hall–Kier alpha value is -3.22. The minimum Gasteiger partial charge on any atom is -0.454 e. The zero-order valence-corrected chi connectivity index (χ0v) is 18.4. The lowest BCUT2D eigenvalue weighted by atomic mass is 10.0. The number of hydrogen-bond donors (Lipinski definition) is 1. The van der Waals surface area contributed by atoms with E-state index >= 15 is 0 Å². The number of carbonyl (C=O) groups excluding carboxylic acids is 3. The molecule has 0 saturated heterocycles. The van der Waals surface area contributed by atoms with Crippen molar-refractivity contribution in [3.8, 4) is 0 Å². The van der Waals surface area contributed by atoms with Crippen LogP contribution in [0.2, 0.25) is 0 Å². The quantitative estimate of drug-likeness (QED) is 0.621. The second kappa shape index (κ2) is 11.2. The number of rotatable bonds is 9. The second-order valence-electron chi connectivity index (χ2n) is 7.66. The van der Waals surface area contributed by atoms with Crippen LogP contribution in [-0.4, -0.2) is 41.9 Å². The molecule has 31 heavy (non-hydrogen) atoms. The molecule has 0 aromatic heterocycles. The van der Waals surface area contributed by atoms with Gasteiger partial charge in [0, 0.05) is 18.7 Å². The van der Waals surface area contributed by atoms with Crippen molar-refractivity contribution < 1.29 is 23.5 Å². The Balaban J connectivity index is 1.97. The Morgan fingerprint density at radius 3 is 2.42 bits per heavy atom. The van der Waals surface area contributed by atoms with Crippen molar-refractivity contribution in [2.45, 2.75) is 40.3 Å².